The maximum atomic E-state index is 13.2. The molecule has 0 aliphatic carbocycles. The van der Waals surface area contributed by atoms with Gasteiger partial charge in [-0.25, -0.2) is 4.39 Å². The topological polar surface area (TPSA) is 52.7 Å². The summed E-state index contributed by atoms with van der Waals surface area (Å²) in [6.45, 7) is 3.71. The van der Waals surface area contributed by atoms with Crippen molar-refractivity contribution in [3.05, 3.63) is 71.5 Å². The predicted molar refractivity (Wildman–Crippen MR) is 118 cm³/mol. The fourth-order valence-electron chi connectivity index (χ4n) is 4.68. The highest BCUT2D eigenvalue weighted by molar-refractivity contribution is 5.94. The van der Waals surface area contributed by atoms with Gasteiger partial charge in [0.1, 0.15) is 5.82 Å². The fourth-order valence-corrected chi connectivity index (χ4v) is 4.68. The number of piperidine rings is 1. The molecule has 0 saturated carbocycles. The van der Waals surface area contributed by atoms with E-state index in [0.29, 0.717) is 25.2 Å². The van der Waals surface area contributed by atoms with E-state index in [4.69, 9.17) is 0 Å². The van der Waals surface area contributed by atoms with Gasteiger partial charge in [-0.1, -0.05) is 30.3 Å². The average Bonchev–Trinajstić information content (AvgIpc) is 3.34. The van der Waals surface area contributed by atoms with E-state index in [1.54, 1.807) is 4.90 Å². The zero-order chi connectivity index (χ0) is 21.6. The lowest BCUT2D eigenvalue weighted by Gasteiger charge is -2.33. The summed E-state index contributed by atoms with van der Waals surface area (Å²) in [5, 5.41) is 3.17. The van der Waals surface area contributed by atoms with Gasteiger partial charge in [0.05, 0.1) is 12.0 Å². The first kappa shape index (κ1) is 21.5. The molecule has 164 valence electrons. The molecule has 2 amide bonds. The van der Waals surface area contributed by atoms with Gasteiger partial charge in [-0.05, 0) is 68.6 Å². The summed E-state index contributed by atoms with van der Waals surface area (Å²) in [4.78, 5) is 29.9. The SMILES string of the molecule is O=C(NC[C@H](c1ccccc1)N1CCCC1)[C@@H]1CCCN(C(=O)c2ccc(F)cc2)C1. The Morgan fingerprint density at radius 3 is 2.39 bits per heavy atom. The maximum Gasteiger partial charge on any atom is 0.253 e. The van der Waals surface area contributed by atoms with Crippen LogP contribution in [0.25, 0.3) is 0 Å². The van der Waals surface area contributed by atoms with Crippen LogP contribution in [-0.4, -0.2) is 54.3 Å². The number of halogens is 1. The largest absolute Gasteiger partial charge is 0.354 e. The van der Waals surface area contributed by atoms with Crippen LogP contribution in [0.15, 0.2) is 54.6 Å². The number of carbonyl (C=O) groups excluding carboxylic acids is 2. The predicted octanol–water partition coefficient (Wildman–Crippen LogP) is 3.63. The molecule has 2 atom stereocenters. The van der Waals surface area contributed by atoms with Crippen molar-refractivity contribution in [1.29, 1.82) is 0 Å². The van der Waals surface area contributed by atoms with E-state index in [2.05, 4.69) is 22.3 Å². The number of hydrogen-bond acceptors (Lipinski definition) is 3. The summed E-state index contributed by atoms with van der Waals surface area (Å²) in [7, 11) is 0. The summed E-state index contributed by atoms with van der Waals surface area (Å²) < 4.78 is 13.2. The van der Waals surface area contributed by atoms with Crippen LogP contribution in [-0.2, 0) is 4.79 Å². The lowest BCUT2D eigenvalue weighted by molar-refractivity contribution is -0.126. The Kier molecular flexibility index (Phi) is 6.97. The molecule has 6 heteroatoms. The molecule has 4 rings (SSSR count). The van der Waals surface area contributed by atoms with E-state index < -0.39 is 0 Å². The number of carbonyl (C=O) groups is 2. The summed E-state index contributed by atoms with van der Waals surface area (Å²) in [6.07, 6.45) is 3.96. The molecular weight excluding hydrogens is 393 g/mol. The van der Waals surface area contributed by atoms with Gasteiger partial charge in [-0.2, -0.15) is 0 Å². The quantitative estimate of drug-likeness (QED) is 0.772. The third-order valence-electron chi connectivity index (χ3n) is 6.41. The van der Waals surface area contributed by atoms with Crippen LogP contribution in [0.2, 0.25) is 0 Å². The van der Waals surface area contributed by atoms with E-state index in [0.717, 1.165) is 25.9 Å². The van der Waals surface area contributed by atoms with Gasteiger partial charge in [-0.3, -0.25) is 14.5 Å². The van der Waals surface area contributed by atoms with Crippen molar-refractivity contribution in [3.8, 4) is 0 Å². The van der Waals surface area contributed by atoms with Gasteiger partial charge in [0.15, 0.2) is 0 Å². The van der Waals surface area contributed by atoms with Crippen molar-refractivity contribution in [2.45, 2.75) is 31.7 Å². The molecule has 0 aromatic heterocycles. The second kappa shape index (κ2) is 10.1. The number of amides is 2. The summed E-state index contributed by atoms with van der Waals surface area (Å²) in [5.74, 6) is -0.708. The molecule has 0 spiro atoms. The number of benzene rings is 2. The molecule has 0 unspecified atom stereocenters. The molecule has 2 aliphatic heterocycles. The molecule has 2 saturated heterocycles. The molecule has 1 N–H and O–H groups in total. The highest BCUT2D eigenvalue weighted by Gasteiger charge is 2.30. The number of likely N-dealkylation sites (tertiary alicyclic amines) is 2. The van der Waals surface area contributed by atoms with Gasteiger partial charge in [0.25, 0.3) is 5.91 Å². The molecule has 2 aromatic carbocycles. The monoisotopic (exact) mass is 423 g/mol. The van der Waals surface area contributed by atoms with Gasteiger partial charge in [-0.15, -0.1) is 0 Å². The molecule has 2 aliphatic rings. The second-order valence-corrected chi connectivity index (χ2v) is 8.51. The van der Waals surface area contributed by atoms with Crippen molar-refractivity contribution in [3.63, 3.8) is 0 Å². The smallest absolute Gasteiger partial charge is 0.253 e. The van der Waals surface area contributed by atoms with Crippen LogP contribution in [0, 0.1) is 11.7 Å². The average molecular weight is 424 g/mol. The summed E-state index contributed by atoms with van der Waals surface area (Å²) in [6, 6.07) is 16.1. The van der Waals surface area contributed by atoms with E-state index in [1.807, 2.05) is 18.2 Å². The molecule has 0 bridgehead atoms. The van der Waals surface area contributed by atoms with E-state index in [1.165, 1.54) is 42.7 Å². The Balaban J connectivity index is 1.37. The minimum atomic E-state index is -0.363. The van der Waals surface area contributed by atoms with Crippen molar-refractivity contribution in [2.24, 2.45) is 5.92 Å². The lowest BCUT2D eigenvalue weighted by atomic mass is 9.96. The molecule has 5 nitrogen and oxygen atoms in total. The van der Waals surface area contributed by atoms with Crippen molar-refractivity contribution < 1.29 is 14.0 Å². The summed E-state index contributed by atoms with van der Waals surface area (Å²) in [5.41, 5.74) is 1.68. The maximum absolute atomic E-state index is 13.2. The first-order valence-electron chi connectivity index (χ1n) is 11.2. The first-order valence-corrected chi connectivity index (χ1v) is 11.2. The number of rotatable bonds is 6. The van der Waals surface area contributed by atoms with Gasteiger partial charge < -0.3 is 10.2 Å². The highest BCUT2D eigenvalue weighted by Crippen LogP contribution is 2.25. The minimum absolute atomic E-state index is 0.0109. The van der Waals surface area contributed by atoms with Crippen molar-refractivity contribution in [1.82, 2.24) is 15.1 Å². The Morgan fingerprint density at radius 1 is 0.968 bits per heavy atom. The Labute approximate surface area is 183 Å². The van der Waals surface area contributed by atoms with Crippen LogP contribution >= 0.6 is 0 Å². The van der Waals surface area contributed by atoms with E-state index in [9.17, 15) is 14.0 Å². The molecule has 2 heterocycles. The zero-order valence-corrected chi connectivity index (χ0v) is 17.8. The highest BCUT2D eigenvalue weighted by atomic mass is 19.1. The molecule has 0 radical (unpaired) electrons. The fraction of sp³-hybridized carbons (Fsp3) is 0.440. The Morgan fingerprint density at radius 2 is 1.68 bits per heavy atom. The van der Waals surface area contributed by atoms with Crippen molar-refractivity contribution in [2.75, 3.05) is 32.7 Å². The van der Waals surface area contributed by atoms with Crippen LogP contribution < -0.4 is 5.32 Å². The number of nitrogens with zero attached hydrogens (tertiary/aromatic N) is 2. The van der Waals surface area contributed by atoms with Gasteiger partial charge >= 0.3 is 0 Å². The summed E-state index contributed by atoms with van der Waals surface area (Å²) >= 11 is 0. The zero-order valence-electron chi connectivity index (χ0n) is 17.8. The third kappa shape index (κ3) is 5.31. The Bertz CT molecular complexity index is 881. The van der Waals surface area contributed by atoms with Crippen LogP contribution in [0.5, 0.6) is 0 Å². The standard InChI is InChI=1S/C25H30FN3O2/c26-22-12-10-20(11-13-22)25(31)29-16-6-9-21(18-29)24(30)27-17-23(28-14-4-5-15-28)19-7-2-1-3-8-19/h1-3,7-8,10-13,21,23H,4-6,9,14-18H2,(H,27,30)/t21-,23-/m1/s1. The Hall–Kier alpha value is -2.73. The molecule has 2 aromatic rings. The molecule has 31 heavy (non-hydrogen) atoms. The number of hydrogen-bond donors (Lipinski definition) is 1. The van der Waals surface area contributed by atoms with E-state index in [-0.39, 0.29) is 29.6 Å². The minimum Gasteiger partial charge on any atom is -0.354 e. The van der Waals surface area contributed by atoms with Crippen LogP contribution in [0.3, 0.4) is 0 Å². The van der Waals surface area contributed by atoms with Crippen LogP contribution in [0.4, 0.5) is 4.39 Å². The molecule has 2 fully saturated rings. The normalized spacial score (nSPS) is 20.4. The number of nitrogens with one attached hydrogen (secondary N) is 1. The van der Waals surface area contributed by atoms with Gasteiger partial charge in [0, 0.05) is 25.2 Å². The third-order valence-corrected chi connectivity index (χ3v) is 6.41. The van der Waals surface area contributed by atoms with Crippen LogP contribution in [0.1, 0.15) is 47.6 Å². The van der Waals surface area contributed by atoms with E-state index >= 15 is 0 Å². The first-order chi connectivity index (χ1) is 15.1. The lowest BCUT2D eigenvalue weighted by Crippen LogP contribution is -2.47. The van der Waals surface area contributed by atoms with Gasteiger partial charge in [0.2, 0.25) is 5.91 Å². The molecular formula is C25H30FN3O2. The van der Waals surface area contributed by atoms with Crippen molar-refractivity contribution >= 4 is 11.8 Å². The second-order valence-electron chi connectivity index (χ2n) is 8.51.